The normalized spacial score (nSPS) is 25.7. The van der Waals surface area contributed by atoms with Gasteiger partial charge in [-0.3, -0.25) is 57.5 Å². The van der Waals surface area contributed by atoms with E-state index < -0.39 is 143 Å². The van der Waals surface area contributed by atoms with E-state index in [-0.39, 0.29) is 225 Å². The largest absolute Gasteiger partial charge is 0.484 e. The summed E-state index contributed by atoms with van der Waals surface area (Å²) >= 11 is 0. The topological polar surface area (TPSA) is 458 Å². The van der Waals surface area contributed by atoms with Crippen molar-refractivity contribution in [2.45, 2.75) is 217 Å². The molecule has 38 heteroatoms. The molecule has 4 aliphatic heterocycles. The molecule has 0 aromatic heterocycles. The number of carbonyl (C=O) groups is 12. The van der Waals surface area contributed by atoms with E-state index >= 15 is 0 Å². The van der Waals surface area contributed by atoms with E-state index in [1.165, 1.54) is 45.9 Å². The Bertz CT molecular complexity index is 3370. The summed E-state index contributed by atoms with van der Waals surface area (Å²) in [7, 11) is 0. The highest BCUT2D eigenvalue weighted by molar-refractivity contribution is 5.97. The predicted molar refractivity (Wildman–Crippen MR) is 458 cm³/mol. The second kappa shape index (κ2) is 56.5. The second-order valence-corrected chi connectivity index (χ2v) is 32.5. The number of nitrogens with zero attached hydrogens (tertiary/aromatic N) is 2. The molecule has 9 N–H and O–H groups in total. The highest BCUT2D eigenvalue weighted by atomic mass is 16.7. The van der Waals surface area contributed by atoms with Crippen LogP contribution in [0.4, 0.5) is 0 Å². The van der Waals surface area contributed by atoms with Gasteiger partial charge in [0.2, 0.25) is 47.3 Å². The van der Waals surface area contributed by atoms with Crippen molar-refractivity contribution in [1.82, 2.24) is 57.7 Å². The van der Waals surface area contributed by atoms with Crippen molar-refractivity contribution in [2.24, 2.45) is 47.3 Å². The zero-order valence-corrected chi connectivity index (χ0v) is 76.4. The van der Waals surface area contributed by atoms with Crippen LogP contribution >= 0.6 is 0 Å². The van der Waals surface area contributed by atoms with E-state index in [0.717, 1.165) is 35.5 Å². The van der Waals surface area contributed by atoms with Crippen LogP contribution in [-0.4, -0.2) is 306 Å². The molecule has 0 spiro atoms. The van der Waals surface area contributed by atoms with Crippen LogP contribution in [-0.2, 0) is 121 Å². The van der Waals surface area contributed by atoms with Gasteiger partial charge in [0.15, 0.2) is 38.4 Å². The summed E-state index contributed by atoms with van der Waals surface area (Å²) in [6.07, 6.45) is -0.291. The fourth-order valence-electron chi connectivity index (χ4n) is 15.5. The Kier molecular flexibility index (Phi) is 47.5. The maximum Gasteiger partial charge on any atom is 0.325 e. The quantitative estimate of drug-likeness (QED) is 0.0339. The first-order valence-corrected chi connectivity index (χ1v) is 44.2. The zero-order valence-electron chi connectivity index (χ0n) is 76.4. The maximum atomic E-state index is 14.4. The molecule has 4 saturated heterocycles. The summed E-state index contributed by atoms with van der Waals surface area (Å²) in [5, 5.41) is 25.1. The van der Waals surface area contributed by atoms with Gasteiger partial charge in [-0.25, -0.2) is 0 Å². The Hall–Kier alpha value is -8.80. The molecular formula is C88H141N11O27. The van der Waals surface area contributed by atoms with Crippen LogP contribution < -0.4 is 57.3 Å². The highest BCUT2D eigenvalue weighted by Crippen LogP contribution is 2.37. The molecular weight excluding hydrogens is 1640 g/mol. The van der Waals surface area contributed by atoms with Crippen LogP contribution in [0.5, 0.6) is 11.5 Å². The van der Waals surface area contributed by atoms with Gasteiger partial charge in [-0.2, -0.15) is 0 Å². The lowest BCUT2D eigenvalue weighted by atomic mass is 9.81. The molecule has 6 rings (SSSR count). The van der Waals surface area contributed by atoms with Gasteiger partial charge in [-0.1, -0.05) is 113 Å². The van der Waals surface area contributed by atoms with Gasteiger partial charge in [0, 0.05) is 65.5 Å². The first-order chi connectivity index (χ1) is 60.2. The smallest absolute Gasteiger partial charge is 0.325 e. The minimum Gasteiger partial charge on any atom is -0.484 e. The molecule has 2 aromatic carbocycles. The summed E-state index contributed by atoms with van der Waals surface area (Å²) in [4.78, 5) is 161. The third kappa shape index (κ3) is 36.4. The number of amides is 11. The van der Waals surface area contributed by atoms with Crippen LogP contribution in [0.25, 0.3) is 0 Å². The molecule has 11 amide bonds. The molecule has 0 bridgehead atoms. The molecule has 126 heavy (non-hydrogen) atoms. The highest BCUT2D eigenvalue weighted by Gasteiger charge is 2.46. The van der Waals surface area contributed by atoms with Gasteiger partial charge < -0.3 is 129 Å². The van der Waals surface area contributed by atoms with Crippen LogP contribution in [0, 0.1) is 47.3 Å². The molecule has 2 aromatic rings. The van der Waals surface area contributed by atoms with Crippen molar-refractivity contribution in [3.05, 3.63) is 59.7 Å². The minimum atomic E-state index is -0.897. The van der Waals surface area contributed by atoms with Crippen molar-refractivity contribution < 1.29 is 129 Å². The average Bonchev–Trinajstić information content (AvgIpc) is 0.821. The van der Waals surface area contributed by atoms with Crippen LogP contribution in [0.1, 0.15) is 152 Å². The summed E-state index contributed by atoms with van der Waals surface area (Å²) in [5.74, 6) is -6.74. The zero-order chi connectivity index (χ0) is 92.4. The number of esters is 1. The Morgan fingerprint density at radius 1 is 0.357 bits per heavy atom. The lowest BCUT2D eigenvalue weighted by Crippen LogP contribution is -2.57. The minimum absolute atomic E-state index is 0.00600. The number of carbonyl (C=O) groups excluding carboxylic acids is 12. The summed E-state index contributed by atoms with van der Waals surface area (Å²) in [5.41, 5.74) is 0.466. The van der Waals surface area contributed by atoms with Gasteiger partial charge in [-0.15, -0.1) is 0 Å². The van der Waals surface area contributed by atoms with Gasteiger partial charge in [0.25, 0.3) is 17.7 Å². The van der Waals surface area contributed by atoms with Gasteiger partial charge in [0.1, 0.15) is 50.8 Å². The molecule has 4 aliphatic rings. The van der Waals surface area contributed by atoms with Gasteiger partial charge in [0.05, 0.1) is 128 Å². The standard InChI is InChI=1S/C88H141N11O27/c1-17-69-53(5)57(9)80(94-61(13)100)85(123-69)116-38-34-112-30-26-89-73(104)46-98(47-74(105)90-27-31-113-35-39-117-86-81(95-62(14)101)58(10)54(6)70(18-2)124-86)77(108)51-120-67-42-66(84(111)93-45-79(110)122-50-65-24-22-21-23-25-65)43-68(44-67)121-52-78(109)99(48-75(106)91-28-32-114-36-40-118-87-82(96-63(15)102)59(11)55(7)71(19-3)125-87)49-76(107)92-29-33-115-37-41-119-88-83(97-64(16)103)60(12)56(8)72(20-4)126-88/h21-25,42-44,53-60,69-72,80-83,85-88H,17-20,26-41,45-52H2,1-16H3,(H,89,104)(H,90,105)(H,91,106)(H,92,107)(H,93,111)(H,94,100)(H,95,101)(H,96,102)(H,97,103). The van der Waals surface area contributed by atoms with E-state index in [1.807, 2.05) is 55.4 Å². The number of benzene rings is 2. The lowest BCUT2D eigenvalue weighted by Gasteiger charge is -2.44. The fraction of sp³-hybridized carbons (Fsp3) is 0.727. The van der Waals surface area contributed by atoms with Crippen molar-refractivity contribution in [2.75, 3.05) is 151 Å². The average molecular weight is 1790 g/mol. The first-order valence-electron chi connectivity index (χ1n) is 44.2. The molecule has 0 radical (unpaired) electrons. The van der Waals surface area contributed by atoms with Crippen LogP contribution in [0.3, 0.4) is 0 Å². The molecule has 4 fully saturated rings. The number of rotatable bonds is 55. The number of hydrogen-bond acceptors (Lipinski definition) is 27. The number of nitrogens with one attached hydrogen (secondary N) is 9. The summed E-state index contributed by atoms with van der Waals surface area (Å²) < 4.78 is 89.8. The van der Waals surface area contributed by atoms with E-state index in [4.69, 9.17) is 71.1 Å². The first kappa shape index (κ1) is 106. The van der Waals surface area contributed by atoms with E-state index in [1.54, 1.807) is 30.3 Å². The fourth-order valence-corrected chi connectivity index (χ4v) is 15.5. The Morgan fingerprint density at radius 3 is 0.913 bits per heavy atom. The Labute approximate surface area is 740 Å². The molecule has 4 heterocycles. The van der Waals surface area contributed by atoms with E-state index in [0.29, 0.717) is 5.56 Å². The van der Waals surface area contributed by atoms with Crippen molar-refractivity contribution in [3.63, 3.8) is 0 Å². The second-order valence-electron chi connectivity index (χ2n) is 32.5. The number of ether oxygens (including phenoxy) is 15. The molecule has 20 unspecified atom stereocenters. The van der Waals surface area contributed by atoms with E-state index in [9.17, 15) is 57.5 Å². The molecule has 710 valence electrons. The molecule has 0 aliphatic carbocycles. The van der Waals surface area contributed by atoms with Crippen molar-refractivity contribution in [1.29, 1.82) is 0 Å². The maximum absolute atomic E-state index is 14.4. The third-order valence-corrected chi connectivity index (χ3v) is 23.3. The Morgan fingerprint density at radius 2 is 0.643 bits per heavy atom. The molecule has 38 nitrogen and oxygen atoms in total. The lowest BCUT2D eigenvalue weighted by molar-refractivity contribution is -0.239. The number of hydrogen-bond donors (Lipinski definition) is 9. The molecule has 20 atom stereocenters. The molecule has 0 saturated carbocycles. The summed E-state index contributed by atoms with van der Waals surface area (Å²) in [6, 6.07) is 10.9. The van der Waals surface area contributed by atoms with Gasteiger partial charge in [-0.05, 0) is 90.7 Å². The Balaban J connectivity index is 1.15. The monoisotopic (exact) mass is 1780 g/mol. The van der Waals surface area contributed by atoms with Crippen molar-refractivity contribution in [3.8, 4) is 11.5 Å². The van der Waals surface area contributed by atoms with E-state index in [2.05, 4.69) is 75.5 Å². The SMILES string of the molecule is CCC1OC(OCCOCCNC(=O)CN(CC(=O)NCCOCCOC2OC(CC)C(C)C(C)C2NC(C)=O)C(=O)COc2cc(OCC(=O)N(CC(=O)NCCOCCOC3OC(CC)C(C)C(C)C3NC(C)=O)CC(=O)NCCOCCOC3OC(CC)C(C)C(C)C3NC(C)=O)cc(C(=O)NCC(=O)OCc3ccccc3)c2)C(NC(C)=O)C(C)C1C. The van der Waals surface area contributed by atoms with Crippen molar-refractivity contribution >= 4 is 70.9 Å². The predicted octanol–water partition coefficient (Wildman–Crippen LogP) is 2.82. The van der Waals surface area contributed by atoms with Gasteiger partial charge >= 0.3 is 5.97 Å². The van der Waals surface area contributed by atoms with Crippen LogP contribution in [0.15, 0.2) is 48.5 Å². The third-order valence-electron chi connectivity index (χ3n) is 23.3. The summed E-state index contributed by atoms with van der Waals surface area (Å²) in [6.45, 7) is 25.7. The van der Waals surface area contributed by atoms with Crippen LogP contribution in [0.2, 0.25) is 0 Å².